The number of alkyl halides is 1. The number of carbonyl (C=O) groups is 2. The van der Waals surface area contributed by atoms with E-state index in [1.165, 1.54) is 18.1 Å². The summed E-state index contributed by atoms with van der Waals surface area (Å²) in [7, 11) is -0.742. The van der Waals surface area contributed by atoms with Gasteiger partial charge in [-0.25, -0.2) is 4.39 Å². The lowest BCUT2D eigenvalue weighted by molar-refractivity contribution is -0.130. The van der Waals surface area contributed by atoms with Crippen LogP contribution in [0.25, 0.3) is 0 Å². The Bertz CT molecular complexity index is 924. The number of carbonyl (C=O) groups excluding carboxylic acids is 2. The molecule has 1 fully saturated rings. The highest BCUT2D eigenvalue weighted by atomic mass is 28.3. The van der Waals surface area contributed by atoms with Gasteiger partial charge in [-0.15, -0.1) is 5.54 Å². The maximum Gasteiger partial charge on any atom is 0.303 e. The van der Waals surface area contributed by atoms with Crippen molar-refractivity contribution in [2.24, 2.45) is 5.73 Å². The van der Waals surface area contributed by atoms with Gasteiger partial charge in [-0.05, 0) is 40.7 Å². The van der Waals surface area contributed by atoms with Crippen LogP contribution in [-0.2, 0) is 21.0 Å². The highest BCUT2D eigenvalue weighted by Crippen LogP contribution is 2.41. The zero-order valence-corrected chi connectivity index (χ0v) is 22.5. The lowest BCUT2D eigenvalue weighted by atomic mass is 9.86. The predicted molar refractivity (Wildman–Crippen MR) is 136 cm³/mol. The van der Waals surface area contributed by atoms with E-state index in [-0.39, 0.29) is 31.6 Å². The molecule has 2 rings (SSSR count). The number of methoxy groups -OCH3 is 1. The summed E-state index contributed by atoms with van der Waals surface area (Å²) >= 11 is 0. The summed E-state index contributed by atoms with van der Waals surface area (Å²) < 4.78 is 24.5. The Balaban J connectivity index is 2.72. The Labute approximate surface area is 204 Å². The summed E-state index contributed by atoms with van der Waals surface area (Å²) in [4.78, 5) is 28.0. The van der Waals surface area contributed by atoms with Gasteiger partial charge < -0.3 is 15.2 Å². The summed E-state index contributed by atoms with van der Waals surface area (Å²) in [6, 6.07) is 4.79. The number of primary amides is 1. The van der Waals surface area contributed by atoms with Crippen molar-refractivity contribution >= 4 is 25.6 Å². The number of benzene rings is 1. The van der Waals surface area contributed by atoms with Crippen LogP contribution in [0, 0.1) is 11.5 Å². The van der Waals surface area contributed by atoms with Crippen molar-refractivity contribution in [3.8, 4) is 17.2 Å². The van der Waals surface area contributed by atoms with Crippen LogP contribution in [0.1, 0.15) is 59.9 Å². The number of rotatable bonds is 8. The van der Waals surface area contributed by atoms with Crippen LogP contribution in [-0.4, -0.2) is 45.8 Å². The van der Waals surface area contributed by atoms with Crippen LogP contribution in [0.4, 0.5) is 10.1 Å². The number of amides is 2. The molecule has 1 aromatic carbocycles. The van der Waals surface area contributed by atoms with E-state index in [4.69, 9.17) is 15.2 Å². The highest BCUT2D eigenvalue weighted by Gasteiger charge is 2.48. The molecule has 2 N–H and O–H groups in total. The molecule has 2 amide bonds. The smallest absolute Gasteiger partial charge is 0.303 e. The molecule has 1 aromatic rings. The fourth-order valence-electron chi connectivity index (χ4n) is 5.51. The quantitative estimate of drug-likeness (QED) is 0.421. The standard InChI is InChI=1S/C26H39FN2O4Si/c1-18(2)34(19(3)4,20(5)6)15-10-24(30)29(26(25(28)31)11-13-33-14-12-26)22-8-9-23(32-7)21(16-22)17-27/h8-9,16,18-20H,11-14,17H2,1-7H3,(H2,28,31). The Morgan fingerprint density at radius 2 is 1.71 bits per heavy atom. The van der Waals surface area contributed by atoms with Crippen molar-refractivity contribution in [2.75, 3.05) is 25.2 Å². The molecule has 34 heavy (non-hydrogen) atoms. The Morgan fingerprint density at radius 3 is 2.15 bits per heavy atom. The molecule has 0 spiro atoms. The van der Waals surface area contributed by atoms with E-state index in [1.807, 2.05) is 0 Å². The molecule has 1 aliphatic heterocycles. The van der Waals surface area contributed by atoms with Gasteiger partial charge in [0.25, 0.3) is 0 Å². The van der Waals surface area contributed by atoms with E-state index < -0.39 is 32.1 Å². The van der Waals surface area contributed by atoms with Gasteiger partial charge >= 0.3 is 5.91 Å². The average Bonchev–Trinajstić information content (AvgIpc) is 2.79. The van der Waals surface area contributed by atoms with Gasteiger partial charge in [0.15, 0.2) is 0 Å². The number of nitrogens with two attached hydrogens (primary N) is 1. The van der Waals surface area contributed by atoms with Gasteiger partial charge in [-0.2, -0.15) is 0 Å². The fourth-order valence-corrected chi connectivity index (χ4v) is 10.7. The minimum absolute atomic E-state index is 0.244. The number of nitrogens with zero attached hydrogens (tertiary/aromatic N) is 1. The third kappa shape index (κ3) is 5.16. The first-order valence-corrected chi connectivity index (χ1v) is 14.2. The molecule has 0 atom stereocenters. The molecule has 0 bridgehead atoms. The number of ether oxygens (including phenoxy) is 2. The van der Waals surface area contributed by atoms with Crippen molar-refractivity contribution in [2.45, 2.75) is 83.2 Å². The molecule has 188 valence electrons. The van der Waals surface area contributed by atoms with Crippen molar-refractivity contribution in [3.63, 3.8) is 0 Å². The second-order valence-electron chi connectivity index (χ2n) is 9.93. The van der Waals surface area contributed by atoms with E-state index in [2.05, 4.69) is 53.0 Å². The summed E-state index contributed by atoms with van der Waals surface area (Å²) in [6.07, 6.45) is 0.488. The highest BCUT2D eigenvalue weighted by molar-refractivity contribution is 6.90. The van der Waals surface area contributed by atoms with Crippen molar-refractivity contribution in [3.05, 3.63) is 23.8 Å². The minimum atomic E-state index is -2.20. The fraction of sp³-hybridized carbons (Fsp3) is 0.615. The number of halogens is 1. The maximum absolute atomic E-state index is 13.8. The van der Waals surface area contributed by atoms with Crippen LogP contribution in [0.3, 0.4) is 0 Å². The van der Waals surface area contributed by atoms with E-state index in [1.54, 1.807) is 12.1 Å². The first-order valence-electron chi connectivity index (χ1n) is 12.0. The van der Waals surface area contributed by atoms with Crippen LogP contribution in [0.2, 0.25) is 16.6 Å². The number of hydrogen-bond acceptors (Lipinski definition) is 4. The second kappa shape index (κ2) is 11.4. The molecule has 6 nitrogen and oxygen atoms in total. The van der Waals surface area contributed by atoms with E-state index in [0.717, 1.165) is 0 Å². The molecule has 0 radical (unpaired) electrons. The molecule has 0 saturated carbocycles. The summed E-state index contributed by atoms with van der Waals surface area (Å²) in [6.45, 7) is 12.8. The Morgan fingerprint density at radius 1 is 1.15 bits per heavy atom. The lowest BCUT2D eigenvalue weighted by Crippen LogP contribution is -2.62. The monoisotopic (exact) mass is 490 g/mol. The van der Waals surface area contributed by atoms with E-state index >= 15 is 0 Å². The summed E-state index contributed by atoms with van der Waals surface area (Å²) in [5.41, 5.74) is 9.73. The van der Waals surface area contributed by atoms with Crippen LogP contribution < -0.4 is 15.4 Å². The lowest BCUT2D eigenvalue weighted by Gasteiger charge is -2.43. The van der Waals surface area contributed by atoms with Crippen molar-refractivity contribution < 1.29 is 23.5 Å². The minimum Gasteiger partial charge on any atom is -0.496 e. The predicted octanol–water partition coefficient (Wildman–Crippen LogP) is 4.75. The topological polar surface area (TPSA) is 81.9 Å². The summed E-state index contributed by atoms with van der Waals surface area (Å²) in [5.74, 6) is 2.18. The van der Waals surface area contributed by atoms with Gasteiger partial charge in [0, 0.05) is 37.3 Å². The van der Waals surface area contributed by atoms with Crippen LogP contribution in [0.15, 0.2) is 18.2 Å². The molecule has 0 aromatic heterocycles. The number of hydrogen-bond donors (Lipinski definition) is 1. The Kier molecular flexibility index (Phi) is 9.32. The van der Waals surface area contributed by atoms with Crippen molar-refractivity contribution in [1.82, 2.24) is 0 Å². The zero-order chi connectivity index (χ0) is 25.7. The van der Waals surface area contributed by atoms with Gasteiger partial charge in [-0.3, -0.25) is 14.5 Å². The van der Waals surface area contributed by atoms with E-state index in [0.29, 0.717) is 28.1 Å². The van der Waals surface area contributed by atoms with Gasteiger partial charge in [0.2, 0.25) is 5.91 Å². The third-order valence-electron chi connectivity index (χ3n) is 7.33. The largest absolute Gasteiger partial charge is 0.496 e. The zero-order valence-electron chi connectivity index (χ0n) is 21.5. The Hall–Kier alpha value is -2.37. The molecular formula is C26H39FN2O4Si. The maximum atomic E-state index is 13.8. The first-order chi connectivity index (χ1) is 16.0. The van der Waals surface area contributed by atoms with Gasteiger partial charge in [0.1, 0.15) is 26.0 Å². The second-order valence-corrected chi connectivity index (χ2v) is 15.5. The van der Waals surface area contributed by atoms with Gasteiger partial charge in [0.05, 0.1) is 7.11 Å². The molecule has 0 aliphatic carbocycles. The normalized spacial score (nSPS) is 15.7. The van der Waals surface area contributed by atoms with Crippen LogP contribution in [0.5, 0.6) is 5.75 Å². The first kappa shape index (κ1) is 27.9. The van der Waals surface area contributed by atoms with Gasteiger partial charge in [-0.1, -0.05) is 41.5 Å². The van der Waals surface area contributed by atoms with E-state index in [9.17, 15) is 14.0 Å². The molecule has 1 saturated heterocycles. The third-order valence-corrected chi connectivity index (χ3v) is 13.6. The molecule has 8 heteroatoms. The summed E-state index contributed by atoms with van der Waals surface area (Å²) in [5, 5.41) is 0. The molecule has 1 aliphatic rings. The molecular weight excluding hydrogens is 451 g/mol. The number of anilines is 1. The van der Waals surface area contributed by atoms with Crippen molar-refractivity contribution in [1.29, 1.82) is 0 Å². The SMILES string of the molecule is COc1ccc(N(C(=O)C#C[Si](C(C)C)(C(C)C)C(C)C)C2(C(N)=O)CCOCC2)cc1CF. The van der Waals surface area contributed by atoms with Crippen LogP contribution >= 0.6 is 0 Å². The molecule has 0 unspecified atom stereocenters. The molecule has 1 heterocycles. The average molecular weight is 491 g/mol.